The molecule has 0 bridgehead atoms. The Morgan fingerprint density at radius 3 is 2.89 bits per heavy atom. The maximum atomic E-state index is 6.04. The Morgan fingerprint density at radius 2 is 2.22 bits per heavy atom. The van der Waals surface area contributed by atoms with E-state index in [0.29, 0.717) is 28.3 Å². The number of nitrogens with zero attached hydrogens (tertiary/aromatic N) is 1. The fourth-order valence-corrected chi connectivity index (χ4v) is 1.79. The number of aromatic nitrogens is 1. The van der Waals surface area contributed by atoms with Crippen molar-refractivity contribution in [2.75, 3.05) is 18.5 Å². The Labute approximate surface area is 118 Å². The van der Waals surface area contributed by atoms with Crippen LogP contribution in [0.1, 0.15) is 26.2 Å². The van der Waals surface area contributed by atoms with Crippen LogP contribution in [0.4, 0.5) is 5.82 Å². The van der Waals surface area contributed by atoms with Crippen molar-refractivity contribution in [1.29, 1.82) is 0 Å². The molecule has 1 heterocycles. The zero-order valence-corrected chi connectivity index (χ0v) is 12.0. The highest BCUT2D eigenvalue weighted by molar-refractivity contribution is 6.36. The molecular weight excluding hydrogens is 271 g/mol. The van der Waals surface area contributed by atoms with Gasteiger partial charge < -0.3 is 10.1 Å². The largest absolute Gasteiger partial charge is 0.477 e. The number of rotatable bonds is 8. The van der Waals surface area contributed by atoms with Crippen LogP contribution < -0.4 is 10.1 Å². The number of hydrogen-bond acceptors (Lipinski definition) is 3. The fourth-order valence-electron chi connectivity index (χ4n) is 1.31. The lowest BCUT2D eigenvalue weighted by molar-refractivity contribution is 0.301. The van der Waals surface area contributed by atoms with E-state index in [2.05, 4.69) is 23.8 Å². The van der Waals surface area contributed by atoms with Gasteiger partial charge in [-0.25, -0.2) is 0 Å². The van der Waals surface area contributed by atoms with Gasteiger partial charge in [-0.1, -0.05) is 36.2 Å². The van der Waals surface area contributed by atoms with E-state index in [4.69, 9.17) is 27.9 Å². The average Bonchev–Trinajstić information content (AvgIpc) is 2.35. The van der Waals surface area contributed by atoms with Gasteiger partial charge >= 0.3 is 0 Å². The summed E-state index contributed by atoms with van der Waals surface area (Å²) in [5.74, 6) is 1.03. The molecule has 3 nitrogen and oxygen atoms in total. The molecule has 0 atom stereocenters. The van der Waals surface area contributed by atoms with E-state index in [9.17, 15) is 0 Å². The summed E-state index contributed by atoms with van der Waals surface area (Å²) in [4.78, 5) is 4.28. The minimum Gasteiger partial charge on any atom is -0.477 e. The van der Waals surface area contributed by atoms with Crippen LogP contribution in [-0.2, 0) is 0 Å². The Balaban J connectivity index is 2.68. The minimum absolute atomic E-state index is 0.420. The first-order valence-corrected chi connectivity index (χ1v) is 6.78. The van der Waals surface area contributed by atoms with Gasteiger partial charge in [-0.05, 0) is 25.3 Å². The zero-order chi connectivity index (χ0) is 13.4. The van der Waals surface area contributed by atoms with E-state index in [1.807, 2.05) is 6.08 Å². The van der Waals surface area contributed by atoms with Gasteiger partial charge in [0.1, 0.15) is 10.8 Å². The van der Waals surface area contributed by atoms with E-state index < -0.39 is 0 Å². The summed E-state index contributed by atoms with van der Waals surface area (Å²) in [5.41, 5.74) is 0. The summed E-state index contributed by atoms with van der Waals surface area (Å²) in [6.07, 6.45) is 4.65. The van der Waals surface area contributed by atoms with Gasteiger partial charge in [0.25, 0.3) is 0 Å². The number of allylic oxidation sites excluding steroid dienone is 1. The molecule has 1 rings (SSSR count). The maximum Gasteiger partial charge on any atom is 0.234 e. The molecule has 0 aliphatic heterocycles. The molecule has 0 aromatic carbocycles. The molecule has 1 N–H and O–H groups in total. The lowest BCUT2D eigenvalue weighted by atomic mass is 10.3. The van der Waals surface area contributed by atoms with Crippen molar-refractivity contribution in [2.45, 2.75) is 26.2 Å². The predicted octanol–water partition coefficient (Wildman–Crippen LogP) is 4.56. The number of hydrogen-bond donors (Lipinski definition) is 1. The third-order valence-corrected chi connectivity index (χ3v) is 2.79. The smallest absolute Gasteiger partial charge is 0.234 e. The summed E-state index contributed by atoms with van der Waals surface area (Å²) in [7, 11) is 0. The van der Waals surface area contributed by atoms with Crippen molar-refractivity contribution >= 4 is 29.0 Å². The molecule has 5 heteroatoms. The van der Waals surface area contributed by atoms with Crippen molar-refractivity contribution in [3.8, 4) is 5.88 Å². The zero-order valence-electron chi connectivity index (χ0n) is 10.5. The van der Waals surface area contributed by atoms with E-state index in [0.717, 1.165) is 25.8 Å². The molecule has 0 aliphatic carbocycles. The van der Waals surface area contributed by atoms with Crippen LogP contribution in [0.25, 0.3) is 0 Å². The predicted molar refractivity (Wildman–Crippen MR) is 78.0 cm³/mol. The minimum atomic E-state index is 0.420. The van der Waals surface area contributed by atoms with Crippen molar-refractivity contribution in [3.63, 3.8) is 0 Å². The van der Waals surface area contributed by atoms with Gasteiger partial charge in [0.2, 0.25) is 5.88 Å². The van der Waals surface area contributed by atoms with Crippen LogP contribution in [-0.4, -0.2) is 18.1 Å². The molecule has 0 saturated heterocycles. The Bertz CT molecular complexity index is 397. The Morgan fingerprint density at radius 1 is 1.44 bits per heavy atom. The number of halogens is 2. The standard InChI is InChI=1S/C13H18Cl2N2O/c1-3-5-6-8-18-13-11(15)9-10(14)12(17-13)16-7-4-2/h3,9H,1,4-8H2,2H3,(H,16,17). The summed E-state index contributed by atoms with van der Waals surface area (Å²) in [6, 6.07) is 1.65. The van der Waals surface area contributed by atoms with Crippen LogP contribution >= 0.6 is 23.2 Å². The Hall–Kier alpha value is -0.930. The first kappa shape index (κ1) is 15.1. The van der Waals surface area contributed by atoms with Gasteiger partial charge in [0, 0.05) is 6.54 Å². The van der Waals surface area contributed by atoms with E-state index in [1.54, 1.807) is 6.07 Å². The molecule has 100 valence electrons. The van der Waals surface area contributed by atoms with Crippen molar-refractivity contribution < 1.29 is 4.74 Å². The molecule has 1 aromatic heterocycles. The fraction of sp³-hybridized carbons (Fsp3) is 0.462. The SMILES string of the molecule is C=CCCCOc1nc(NCCC)c(Cl)cc1Cl. The molecule has 0 saturated carbocycles. The summed E-state index contributed by atoms with van der Waals surface area (Å²) >= 11 is 12.1. The van der Waals surface area contributed by atoms with E-state index in [-0.39, 0.29) is 0 Å². The first-order chi connectivity index (χ1) is 8.69. The van der Waals surface area contributed by atoms with Crippen molar-refractivity contribution in [1.82, 2.24) is 4.98 Å². The van der Waals surface area contributed by atoms with Crippen molar-refractivity contribution in [3.05, 3.63) is 28.8 Å². The van der Waals surface area contributed by atoms with E-state index >= 15 is 0 Å². The van der Waals surface area contributed by atoms with Crippen LogP contribution in [0.15, 0.2) is 18.7 Å². The number of unbranched alkanes of at least 4 members (excludes halogenated alkanes) is 1. The van der Waals surface area contributed by atoms with Crippen LogP contribution in [0, 0.1) is 0 Å². The normalized spacial score (nSPS) is 10.2. The van der Waals surface area contributed by atoms with Gasteiger partial charge in [0.15, 0.2) is 0 Å². The maximum absolute atomic E-state index is 6.04. The third-order valence-electron chi connectivity index (χ3n) is 2.23. The van der Waals surface area contributed by atoms with Gasteiger partial charge in [-0.15, -0.1) is 6.58 Å². The van der Waals surface area contributed by atoms with Gasteiger partial charge in [0.05, 0.1) is 11.6 Å². The lowest BCUT2D eigenvalue weighted by Gasteiger charge is -2.11. The molecule has 0 unspecified atom stereocenters. The number of anilines is 1. The van der Waals surface area contributed by atoms with Gasteiger partial charge in [-0.2, -0.15) is 4.98 Å². The molecule has 0 fully saturated rings. The summed E-state index contributed by atoms with van der Waals surface area (Å²) in [5, 5.41) is 4.07. The molecule has 1 aromatic rings. The Kier molecular flexibility index (Phi) is 6.91. The molecule has 18 heavy (non-hydrogen) atoms. The molecule has 0 amide bonds. The summed E-state index contributed by atoms with van der Waals surface area (Å²) in [6.45, 7) is 7.10. The number of nitrogens with one attached hydrogen (secondary N) is 1. The van der Waals surface area contributed by atoms with Gasteiger partial charge in [-0.3, -0.25) is 0 Å². The third kappa shape index (κ3) is 4.75. The molecule has 0 aliphatic rings. The summed E-state index contributed by atoms with van der Waals surface area (Å²) < 4.78 is 5.53. The monoisotopic (exact) mass is 288 g/mol. The molecule has 0 spiro atoms. The number of pyridine rings is 1. The van der Waals surface area contributed by atoms with Crippen LogP contribution in [0.3, 0.4) is 0 Å². The molecule has 0 radical (unpaired) electrons. The van der Waals surface area contributed by atoms with Crippen molar-refractivity contribution in [2.24, 2.45) is 0 Å². The highest BCUT2D eigenvalue weighted by atomic mass is 35.5. The highest BCUT2D eigenvalue weighted by Gasteiger charge is 2.09. The quantitative estimate of drug-likeness (QED) is 0.563. The highest BCUT2D eigenvalue weighted by Crippen LogP contribution is 2.30. The van der Waals surface area contributed by atoms with E-state index in [1.165, 1.54) is 0 Å². The van der Waals surface area contributed by atoms with Crippen LogP contribution in [0.2, 0.25) is 10.0 Å². The second-order valence-electron chi connectivity index (χ2n) is 3.81. The second-order valence-corrected chi connectivity index (χ2v) is 4.63. The lowest BCUT2D eigenvalue weighted by Crippen LogP contribution is -2.05. The topological polar surface area (TPSA) is 34.1 Å². The van der Waals surface area contributed by atoms with Crippen LogP contribution in [0.5, 0.6) is 5.88 Å². The molecular formula is C13H18Cl2N2O. The number of ether oxygens (including phenoxy) is 1. The second kappa shape index (κ2) is 8.22. The average molecular weight is 289 g/mol. The first-order valence-electron chi connectivity index (χ1n) is 6.02.